The third kappa shape index (κ3) is 2.66. The monoisotopic (exact) mass is 216 g/mol. The van der Waals surface area contributed by atoms with Gasteiger partial charge in [-0.2, -0.15) is 0 Å². The number of carbonyl (C=O) groups excluding carboxylic acids is 1. The van der Waals surface area contributed by atoms with Crippen molar-refractivity contribution in [3.63, 3.8) is 0 Å². The zero-order valence-electron chi connectivity index (χ0n) is 8.69. The maximum absolute atomic E-state index is 11.2. The molecule has 15 heavy (non-hydrogen) atoms. The van der Waals surface area contributed by atoms with Crippen LogP contribution in [0.3, 0.4) is 0 Å². The Balaban J connectivity index is 2.78. The van der Waals surface area contributed by atoms with E-state index in [1.165, 1.54) is 0 Å². The van der Waals surface area contributed by atoms with Crippen LogP contribution in [0.4, 0.5) is 0 Å². The molecule has 1 aliphatic heterocycles. The molecule has 1 rings (SSSR count). The molecule has 0 radical (unpaired) electrons. The Kier molecular flexibility index (Phi) is 3.65. The molecule has 0 aromatic rings. The average molecular weight is 216 g/mol. The van der Waals surface area contributed by atoms with Crippen LogP contribution in [-0.2, 0) is 9.59 Å². The number of carboxylic acid groups (broad SMARTS) is 1. The van der Waals surface area contributed by atoms with Crippen molar-refractivity contribution in [2.24, 2.45) is 0 Å². The minimum Gasteiger partial charge on any atom is -0.479 e. The van der Waals surface area contributed by atoms with Crippen LogP contribution in [0.5, 0.6) is 0 Å². The fraction of sp³-hybridized carbons (Fsp3) is 0.778. The number of piperidine rings is 1. The van der Waals surface area contributed by atoms with Gasteiger partial charge in [0.15, 0.2) is 5.54 Å². The van der Waals surface area contributed by atoms with Gasteiger partial charge in [-0.1, -0.05) is 0 Å². The van der Waals surface area contributed by atoms with Gasteiger partial charge in [0.05, 0.1) is 0 Å². The normalized spacial score (nSPS) is 27.3. The van der Waals surface area contributed by atoms with Gasteiger partial charge in [0, 0.05) is 6.54 Å². The van der Waals surface area contributed by atoms with Gasteiger partial charge in [-0.25, -0.2) is 4.79 Å². The number of amides is 1. The summed E-state index contributed by atoms with van der Waals surface area (Å²) in [5, 5.41) is 20.1. The predicted molar refractivity (Wildman–Crippen MR) is 52.3 cm³/mol. The summed E-state index contributed by atoms with van der Waals surface area (Å²) in [6.07, 6.45) is 1.12. The predicted octanol–water partition coefficient (Wildman–Crippen LogP) is -1.36. The first-order valence-electron chi connectivity index (χ1n) is 4.84. The second-order valence-corrected chi connectivity index (χ2v) is 3.93. The molecule has 1 unspecified atom stereocenters. The Hall–Kier alpha value is -1.14. The summed E-state index contributed by atoms with van der Waals surface area (Å²) in [5.41, 5.74) is -1.24. The van der Waals surface area contributed by atoms with E-state index in [0.29, 0.717) is 12.8 Å². The molecule has 1 heterocycles. The van der Waals surface area contributed by atoms with Gasteiger partial charge >= 0.3 is 5.97 Å². The van der Waals surface area contributed by atoms with Gasteiger partial charge in [-0.05, 0) is 26.4 Å². The minimum absolute atomic E-state index is 0.272. The molecule has 1 atom stereocenters. The highest BCUT2D eigenvalue weighted by Crippen LogP contribution is 2.20. The van der Waals surface area contributed by atoms with E-state index in [9.17, 15) is 9.59 Å². The van der Waals surface area contributed by atoms with E-state index in [1.54, 1.807) is 0 Å². The van der Waals surface area contributed by atoms with Gasteiger partial charge in [-0.3, -0.25) is 4.79 Å². The van der Waals surface area contributed by atoms with Crippen molar-refractivity contribution in [2.75, 3.05) is 26.7 Å². The van der Waals surface area contributed by atoms with Crippen LogP contribution >= 0.6 is 0 Å². The lowest BCUT2D eigenvalue weighted by Gasteiger charge is -2.38. The quantitative estimate of drug-likeness (QED) is 0.542. The number of rotatable bonds is 3. The number of carboxylic acids is 1. The lowest BCUT2D eigenvalue weighted by molar-refractivity contribution is -0.150. The molecule has 6 nitrogen and oxygen atoms in total. The maximum Gasteiger partial charge on any atom is 0.330 e. The lowest BCUT2D eigenvalue weighted by Crippen LogP contribution is -2.63. The van der Waals surface area contributed by atoms with Crippen molar-refractivity contribution in [1.82, 2.24) is 10.2 Å². The number of hydrogen-bond acceptors (Lipinski definition) is 4. The Morgan fingerprint density at radius 1 is 1.53 bits per heavy atom. The molecule has 0 spiro atoms. The van der Waals surface area contributed by atoms with Gasteiger partial charge in [0.25, 0.3) is 0 Å². The number of likely N-dealkylation sites (N-methyl/N-ethyl adjacent to an activating group) is 1. The number of nitrogens with one attached hydrogen (secondary N) is 1. The standard InChI is InChI=1S/C9H16N2O4/c1-11-4-2-3-9(6-11,8(14)15)10-7(13)5-12/h12H,2-6H2,1H3,(H,10,13)(H,14,15). The van der Waals surface area contributed by atoms with E-state index in [4.69, 9.17) is 10.2 Å². The van der Waals surface area contributed by atoms with E-state index >= 15 is 0 Å². The number of hydrogen-bond donors (Lipinski definition) is 3. The van der Waals surface area contributed by atoms with Crippen molar-refractivity contribution >= 4 is 11.9 Å². The largest absolute Gasteiger partial charge is 0.479 e. The molecule has 1 saturated heterocycles. The summed E-state index contributed by atoms with van der Waals surface area (Å²) in [6, 6.07) is 0. The zero-order chi connectivity index (χ0) is 11.5. The van der Waals surface area contributed by atoms with E-state index in [1.807, 2.05) is 11.9 Å². The molecule has 0 saturated carbocycles. The first-order valence-corrected chi connectivity index (χ1v) is 4.84. The maximum atomic E-state index is 11.2. The van der Waals surface area contributed by atoms with Crippen LogP contribution in [0.15, 0.2) is 0 Å². The Labute approximate surface area is 87.9 Å². The summed E-state index contributed by atoms with van der Waals surface area (Å²) in [6.45, 7) is 0.414. The highest BCUT2D eigenvalue weighted by Gasteiger charge is 2.42. The number of aliphatic hydroxyl groups excluding tert-OH is 1. The van der Waals surface area contributed by atoms with Gasteiger partial charge < -0.3 is 20.4 Å². The van der Waals surface area contributed by atoms with E-state index in [2.05, 4.69) is 5.32 Å². The lowest BCUT2D eigenvalue weighted by atomic mass is 9.89. The third-order valence-corrected chi connectivity index (χ3v) is 2.61. The van der Waals surface area contributed by atoms with Gasteiger partial charge in [0.1, 0.15) is 6.61 Å². The van der Waals surface area contributed by atoms with Crippen molar-refractivity contribution < 1.29 is 19.8 Å². The average Bonchev–Trinajstić information content (AvgIpc) is 2.17. The molecular formula is C9H16N2O4. The summed E-state index contributed by atoms with van der Waals surface area (Å²) >= 11 is 0. The first kappa shape index (κ1) is 11.9. The fourth-order valence-electron chi connectivity index (χ4n) is 1.91. The topological polar surface area (TPSA) is 89.9 Å². The van der Waals surface area contributed by atoms with E-state index in [-0.39, 0.29) is 6.54 Å². The van der Waals surface area contributed by atoms with Crippen molar-refractivity contribution in [1.29, 1.82) is 0 Å². The van der Waals surface area contributed by atoms with E-state index < -0.39 is 24.0 Å². The molecule has 0 aromatic carbocycles. The number of nitrogens with zero attached hydrogens (tertiary/aromatic N) is 1. The van der Waals surface area contributed by atoms with E-state index in [0.717, 1.165) is 6.54 Å². The van der Waals surface area contributed by atoms with Crippen LogP contribution in [-0.4, -0.2) is 59.3 Å². The van der Waals surface area contributed by atoms with Crippen molar-refractivity contribution in [3.8, 4) is 0 Å². The highest BCUT2D eigenvalue weighted by molar-refractivity contribution is 5.87. The summed E-state index contributed by atoms with van der Waals surface area (Å²) in [7, 11) is 1.81. The number of aliphatic hydroxyl groups is 1. The van der Waals surface area contributed by atoms with Gasteiger partial charge in [-0.15, -0.1) is 0 Å². The van der Waals surface area contributed by atoms with Crippen LogP contribution in [0.2, 0.25) is 0 Å². The highest BCUT2D eigenvalue weighted by atomic mass is 16.4. The molecule has 0 bridgehead atoms. The molecule has 0 aliphatic carbocycles. The minimum atomic E-state index is -1.24. The van der Waals surface area contributed by atoms with Crippen molar-refractivity contribution in [3.05, 3.63) is 0 Å². The molecule has 0 aromatic heterocycles. The second kappa shape index (κ2) is 4.59. The number of likely N-dealkylation sites (tertiary alicyclic amines) is 1. The number of aliphatic carboxylic acids is 1. The molecule has 86 valence electrons. The Bertz CT molecular complexity index is 269. The fourth-order valence-corrected chi connectivity index (χ4v) is 1.91. The van der Waals surface area contributed by atoms with Crippen molar-refractivity contribution in [2.45, 2.75) is 18.4 Å². The summed E-state index contributed by atoms with van der Waals surface area (Å²) in [4.78, 5) is 24.1. The second-order valence-electron chi connectivity index (χ2n) is 3.93. The SMILES string of the molecule is CN1CCCC(NC(=O)CO)(C(=O)O)C1. The molecule has 3 N–H and O–H groups in total. The van der Waals surface area contributed by atoms with Crippen LogP contribution in [0.1, 0.15) is 12.8 Å². The number of carbonyl (C=O) groups is 2. The summed E-state index contributed by atoms with van der Waals surface area (Å²) in [5.74, 6) is -1.69. The Morgan fingerprint density at radius 2 is 2.20 bits per heavy atom. The summed E-state index contributed by atoms with van der Waals surface area (Å²) < 4.78 is 0. The molecule has 1 aliphatic rings. The van der Waals surface area contributed by atoms with Crippen LogP contribution in [0.25, 0.3) is 0 Å². The molecule has 1 amide bonds. The smallest absolute Gasteiger partial charge is 0.330 e. The molecule has 6 heteroatoms. The van der Waals surface area contributed by atoms with Gasteiger partial charge in [0.2, 0.25) is 5.91 Å². The molecular weight excluding hydrogens is 200 g/mol. The zero-order valence-corrected chi connectivity index (χ0v) is 8.69. The van der Waals surface area contributed by atoms with Crippen LogP contribution in [0, 0.1) is 0 Å². The first-order chi connectivity index (χ1) is 7.00. The third-order valence-electron chi connectivity index (χ3n) is 2.61. The van der Waals surface area contributed by atoms with Crippen LogP contribution < -0.4 is 5.32 Å². The molecule has 1 fully saturated rings. The Morgan fingerprint density at radius 3 is 2.67 bits per heavy atom.